The number of ether oxygens (including phenoxy) is 4. The van der Waals surface area contributed by atoms with Crippen LogP contribution in [0.2, 0.25) is 0 Å². The number of benzene rings is 2. The molecule has 4 rings (SSSR count). The van der Waals surface area contributed by atoms with E-state index in [2.05, 4.69) is 0 Å². The van der Waals surface area contributed by atoms with E-state index in [1.54, 1.807) is 36.4 Å². The van der Waals surface area contributed by atoms with Gasteiger partial charge in [-0.3, -0.25) is 14.5 Å². The second-order valence-corrected chi connectivity index (χ2v) is 9.18. The molecule has 0 bridgehead atoms. The molecule has 194 valence electrons. The maximum absolute atomic E-state index is 13.5. The van der Waals surface area contributed by atoms with Gasteiger partial charge < -0.3 is 24.1 Å². The van der Waals surface area contributed by atoms with Crippen LogP contribution in [0, 0.1) is 6.92 Å². The van der Waals surface area contributed by atoms with Gasteiger partial charge in [0.15, 0.2) is 0 Å². The summed E-state index contributed by atoms with van der Waals surface area (Å²) >= 11 is 1.40. The molecule has 1 amide bonds. The Morgan fingerprint density at radius 1 is 0.946 bits per heavy atom. The second kappa shape index (κ2) is 11.0. The summed E-state index contributed by atoms with van der Waals surface area (Å²) < 4.78 is 22.1. The van der Waals surface area contributed by atoms with Crippen molar-refractivity contribution in [3.8, 4) is 23.0 Å². The Kier molecular flexibility index (Phi) is 7.73. The van der Waals surface area contributed by atoms with Gasteiger partial charge in [0, 0.05) is 29.1 Å². The lowest BCUT2D eigenvalue weighted by Gasteiger charge is -2.26. The fourth-order valence-electron chi connectivity index (χ4n) is 4.32. The Morgan fingerprint density at radius 3 is 2.19 bits per heavy atom. The van der Waals surface area contributed by atoms with Crippen LogP contribution in [0.3, 0.4) is 0 Å². The molecule has 1 aliphatic rings. The van der Waals surface area contributed by atoms with Crippen molar-refractivity contribution in [2.75, 3.05) is 32.3 Å². The summed E-state index contributed by atoms with van der Waals surface area (Å²) in [5.41, 5.74) is 1.57. The Labute approximate surface area is 219 Å². The first-order valence-corrected chi connectivity index (χ1v) is 12.7. The highest BCUT2D eigenvalue weighted by Gasteiger charge is 2.48. The third-order valence-electron chi connectivity index (χ3n) is 6.03. The summed E-state index contributed by atoms with van der Waals surface area (Å²) in [6.45, 7) is 6.39. The number of aliphatic hydroxyl groups excluding tert-OH is 1. The molecule has 1 aliphatic heterocycles. The Bertz CT molecular complexity index is 1340. The molecule has 3 aromatic rings. The fourth-order valence-corrected chi connectivity index (χ4v) is 5.34. The lowest BCUT2D eigenvalue weighted by Crippen LogP contribution is -2.29. The quantitative estimate of drug-likeness (QED) is 0.225. The molecule has 1 atom stereocenters. The molecule has 2 heterocycles. The summed E-state index contributed by atoms with van der Waals surface area (Å²) in [4.78, 5) is 29.2. The monoisotopic (exact) mass is 523 g/mol. The van der Waals surface area contributed by atoms with E-state index in [0.717, 1.165) is 10.4 Å². The van der Waals surface area contributed by atoms with E-state index < -0.39 is 17.7 Å². The minimum absolute atomic E-state index is 0.0255. The fraction of sp³-hybridized carbons (Fsp3) is 0.286. The number of aliphatic hydroxyl groups is 1. The van der Waals surface area contributed by atoms with E-state index >= 15 is 0 Å². The maximum Gasteiger partial charge on any atom is 0.300 e. The zero-order valence-electron chi connectivity index (χ0n) is 21.4. The highest BCUT2D eigenvalue weighted by Crippen LogP contribution is 2.47. The molecule has 0 saturated carbocycles. The third kappa shape index (κ3) is 4.86. The predicted octanol–water partition coefficient (Wildman–Crippen LogP) is 5.50. The van der Waals surface area contributed by atoms with Crippen molar-refractivity contribution in [2.45, 2.75) is 26.8 Å². The van der Waals surface area contributed by atoms with Crippen molar-refractivity contribution in [1.82, 2.24) is 0 Å². The Morgan fingerprint density at radius 2 is 1.62 bits per heavy atom. The van der Waals surface area contributed by atoms with Gasteiger partial charge in [0.2, 0.25) is 0 Å². The molecule has 1 fully saturated rings. The minimum atomic E-state index is -0.863. The van der Waals surface area contributed by atoms with E-state index in [-0.39, 0.29) is 11.3 Å². The van der Waals surface area contributed by atoms with Crippen LogP contribution in [-0.4, -0.2) is 44.2 Å². The van der Waals surface area contributed by atoms with E-state index in [1.165, 1.54) is 30.5 Å². The minimum Gasteiger partial charge on any atom is -0.507 e. The molecule has 8 nitrogen and oxygen atoms in total. The first kappa shape index (κ1) is 26.1. The van der Waals surface area contributed by atoms with Crippen molar-refractivity contribution in [1.29, 1.82) is 0 Å². The summed E-state index contributed by atoms with van der Waals surface area (Å²) in [5.74, 6) is -0.0444. The first-order valence-electron chi connectivity index (χ1n) is 11.8. The lowest BCUT2D eigenvalue weighted by molar-refractivity contribution is -0.132. The second-order valence-electron chi connectivity index (χ2n) is 8.23. The highest BCUT2D eigenvalue weighted by atomic mass is 32.1. The lowest BCUT2D eigenvalue weighted by atomic mass is 9.97. The van der Waals surface area contributed by atoms with Gasteiger partial charge in [0.1, 0.15) is 34.8 Å². The van der Waals surface area contributed by atoms with Crippen LogP contribution in [0.4, 0.5) is 5.69 Å². The van der Waals surface area contributed by atoms with Crippen molar-refractivity contribution < 1.29 is 33.6 Å². The van der Waals surface area contributed by atoms with Crippen molar-refractivity contribution in [3.63, 3.8) is 0 Å². The van der Waals surface area contributed by atoms with Gasteiger partial charge >= 0.3 is 0 Å². The van der Waals surface area contributed by atoms with E-state index in [1.807, 2.05) is 32.2 Å². The number of hydrogen-bond acceptors (Lipinski definition) is 8. The molecular weight excluding hydrogens is 494 g/mol. The van der Waals surface area contributed by atoms with Gasteiger partial charge in [-0.1, -0.05) is 0 Å². The van der Waals surface area contributed by atoms with Crippen LogP contribution >= 0.6 is 11.3 Å². The summed E-state index contributed by atoms with van der Waals surface area (Å²) in [7, 11) is 3.02. The van der Waals surface area contributed by atoms with Gasteiger partial charge in [-0.15, -0.1) is 11.3 Å². The van der Waals surface area contributed by atoms with Crippen LogP contribution in [0.5, 0.6) is 23.0 Å². The topological polar surface area (TPSA) is 94.5 Å². The van der Waals surface area contributed by atoms with Crippen molar-refractivity contribution in [2.24, 2.45) is 0 Å². The smallest absolute Gasteiger partial charge is 0.300 e. The summed E-state index contributed by atoms with van der Waals surface area (Å²) in [5, 5.41) is 13.5. The normalized spacial score (nSPS) is 16.7. The number of carbonyl (C=O) groups is 2. The first-order chi connectivity index (χ1) is 17.8. The zero-order valence-corrected chi connectivity index (χ0v) is 22.2. The van der Waals surface area contributed by atoms with Gasteiger partial charge in [-0.25, -0.2) is 0 Å². The molecule has 1 saturated heterocycles. The van der Waals surface area contributed by atoms with Crippen LogP contribution in [0.15, 0.2) is 53.4 Å². The van der Waals surface area contributed by atoms with E-state index in [4.69, 9.17) is 18.9 Å². The number of ketones is 1. The SMILES string of the molecule is CCOc1ccc(/C(O)=C2\C(=O)C(=O)N(c3cc(OC)cc(OC)c3)C2c2sccc2C)c(OCC)c1. The average Bonchev–Trinajstić information content (AvgIpc) is 3.43. The molecule has 1 N–H and O–H groups in total. The zero-order chi connectivity index (χ0) is 26.7. The summed E-state index contributed by atoms with van der Waals surface area (Å²) in [6, 6.07) is 11.0. The molecule has 1 unspecified atom stereocenters. The maximum atomic E-state index is 13.5. The van der Waals surface area contributed by atoms with Crippen LogP contribution in [0.1, 0.15) is 35.9 Å². The molecular formula is C28H29NO7S. The number of carbonyl (C=O) groups excluding carboxylic acids is 2. The van der Waals surface area contributed by atoms with Crippen LogP contribution in [-0.2, 0) is 9.59 Å². The van der Waals surface area contributed by atoms with Crippen molar-refractivity contribution >= 4 is 34.5 Å². The molecule has 1 aromatic heterocycles. The van der Waals surface area contributed by atoms with Crippen LogP contribution in [0.25, 0.3) is 5.76 Å². The van der Waals surface area contributed by atoms with Gasteiger partial charge in [0.25, 0.3) is 11.7 Å². The van der Waals surface area contributed by atoms with Gasteiger partial charge in [-0.05, 0) is 49.9 Å². The number of aryl methyl sites for hydroxylation is 1. The molecule has 9 heteroatoms. The molecule has 0 radical (unpaired) electrons. The standard InChI is InChI=1S/C28H29NO7S/c1-6-35-18-8-9-21(22(15-18)36-7-2)25(30)23-24(27-16(3)10-11-37-27)29(28(32)26(23)31)17-12-19(33-4)14-20(13-17)34-5/h8-15,24,30H,6-7H2,1-5H3/b25-23+. The van der Waals surface area contributed by atoms with Crippen LogP contribution < -0.4 is 23.8 Å². The number of methoxy groups -OCH3 is 2. The molecule has 0 aliphatic carbocycles. The number of hydrogen-bond donors (Lipinski definition) is 1. The number of rotatable bonds is 9. The number of nitrogens with zero attached hydrogens (tertiary/aromatic N) is 1. The molecule has 37 heavy (non-hydrogen) atoms. The predicted molar refractivity (Wildman–Crippen MR) is 142 cm³/mol. The van der Waals surface area contributed by atoms with Gasteiger partial charge in [0.05, 0.1) is 44.3 Å². The van der Waals surface area contributed by atoms with Gasteiger partial charge in [-0.2, -0.15) is 0 Å². The Balaban J connectivity index is 1.96. The van der Waals surface area contributed by atoms with E-state index in [9.17, 15) is 14.7 Å². The number of thiophene rings is 1. The largest absolute Gasteiger partial charge is 0.507 e. The molecule has 2 aromatic carbocycles. The number of amides is 1. The number of anilines is 1. The third-order valence-corrected chi connectivity index (χ3v) is 7.10. The Hall–Kier alpha value is -3.98. The highest BCUT2D eigenvalue weighted by molar-refractivity contribution is 7.10. The summed E-state index contributed by atoms with van der Waals surface area (Å²) in [6.07, 6.45) is 0. The number of Topliss-reactive ketones (excluding diaryl/α,β-unsaturated/α-hetero) is 1. The average molecular weight is 524 g/mol. The van der Waals surface area contributed by atoms with E-state index in [0.29, 0.717) is 47.5 Å². The molecule has 0 spiro atoms. The van der Waals surface area contributed by atoms with Crippen molar-refractivity contribution in [3.05, 3.63) is 69.4 Å².